The van der Waals surface area contributed by atoms with Crippen molar-refractivity contribution in [1.82, 2.24) is 10.2 Å². The molecule has 0 aromatic carbocycles. The van der Waals surface area contributed by atoms with Crippen LogP contribution in [0.1, 0.15) is 19.3 Å². The molecule has 2 N–H and O–H groups in total. The van der Waals surface area contributed by atoms with Gasteiger partial charge < -0.3 is 15.3 Å². The fourth-order valence-corrected chi connectivity index (χ4v) is 2.28. The molecule has 0 atom stereocenters. The van der Waals surface area contributed by atoms with Gasteiger partial charge in [0, 0.05) is 13.1 Å². The minimum absolute atomic E-state index is 0.00641. The first kappa shape index (κ1) is 14.8. The number of amides is 2. The van der Waals surface area contributed by atoms with Gasteiger partial charge >= 0.3 is 5.97 Å². The minimum atomic E-state index is -0.947. The highest BCUT2D eigenvalue weighted by atomic mass is 32.2. The van der Waals surface area contributed by atoms with Crippen LogP contribution in [0.25, 0.3) is 0 Å². The monoisotopic (exact) mass is 274 g/mol. The van der Waals surface area contributed by atoms with Crippen LogP contribution in [0.5, 0.6) is 0 Å². The van der Waals surface area contributed by atoms with E-state index in [4.69, 9.17) is 5.11 Å². The molecular weight excluding hydrogens is 256 g/mol. The maximum atomic E-state index is 11.7. The summed E-state index contributed by atoms with van der Waals surface area (Å²) in [6.45, 7) is 1.54. The largest absolute Gasteiger partial charge is 0.481 e. The van der Waals surface area contributed by atoms with Gasteiger partial charge in [-0.3, -0.25) is 14.4 Å². The highest BCUT2D eigenvalue weighted by Crippen LogP contribution is 2.08. The van der Waals surface area contributed by atoms with Crippen LogP contribution < -0.4 is 5.32 Å². The molecule has 7 heteroatoms. The third kappa shape index (κ3) is 5.90. The molecule has 0 aliphatic carbocycles. The lowest BCUT2D eigenvalue weighted by Crippen LogP contribution is -2.43. The molecule has 1 fully saturated rings. The Hall–Kier alpha value is -1.24. The Kier molecular flexibility index (Phi) is 6.56. The normalized spacial score (nSPS) is 15.2. The standard InChI is InChI=1S/C11H18N2O4S/c14-9(7-18-8-11(16)17)12-6-10(15)13-4-2-1-3-5-13/h1-8H2,(H,12,14)(H,16,17). The lowest BCUT2D eigenvalue weighted by molar-refractivity contribution is -0.134. The number of piperidine rings is 1. The molecule has 1 aliphatic heterocycles. The number of aliphatic carboxylic acids is 1. The van der Waals surface area contributed by atoms with E-state index in [0.717, 1.165) is 44.1 Å². The van der Waals surface area contributed by atoms with E-state index in [-0.39, 0.29) is 29.9 Å². The Balaban J connectivity index is 2.13. The molecule has 0 radical (unpaired) electrons. The van der Waals surface area contributed by atoms with Crippen molar-refractivity contribution in [2.45, 2.75) is 19.3 Å². The molecule has 0 bridgehead atoms. The number of likely N-dealkylation sites (tertiary alicyclic amines) is 1. The number of hydrogen-bond donors (Lipinski definition) is 2. The van der Waals surface area contributed by atoms with Crippen LogP contribution in [0.2, 0.25) is 0 Å². The topological polar surface area (TPSA) is 86.7 Å². The van der Waals surface area contributed by atoms with E-state index in [9.17, 15) is 14.4 Å². The number of carboxylic acid groups (broad SMARTS) is 1. The van der Waals surface area contributed by atoms with Crippen molar-refractivity contribution < 1.29 is 19.5 Å². The molecule has 0 saturated carbocycles. The molecule has 6 nitrogen and oxygen atoms in total. The van der Waals surface area contributed by atoms with E-state index in [1.807, 2.05) is 0 Å². The average molecular weight is 274 g/mol. The number of hydrogen-bond acceptors (Lipinski definition) is 4. The van der Waals surface area contributed by atoms with Gasteiger partial charge in [0.15, 0.2) is 0 Å². The summed E-state index contributed by atoms with van der Waals surface area (Å²) in [5.41, 5.74) is 0. The van der Waals surface area contributed by atoms with Crippen molar-refractivity contribution in [2.75, 3.05) is 31.1 Å². The maximum Gasteiger partial charge on any atom is 0.313 e. The highest BCUT2D eigenvalue weighted by Gasteiger charge is 2.16. The third-order valence-electron chi connectivity index (χ3n) is 2.60. The van der Waals surface area contributed by atoms with E-state index in [1.165, 1.54) is 0 Å². The summed E-state index contributed by atoms with van der Waals surface area (Å²) < 4.78 is 0. The summed E-state index contributed by atoms with van der Waals surface area (Å²) in [5, 5.41) is 10.9. The van der Waals surface area contributed by atoms with Gasteiger partial charge in [0.25, 0.3) is 0 Å². The molecule has 1 saturated heterocycles. The van der Waals surface area contributed by atoms with Crippen LogP contribution in [0.4, 0.5) is 0 Å². The Morgan fingerprint density at radius 1 is 1.11 bits per heavy atom. The van der Waals surface area contributed by atoms with Crippen LogP contribution in [-0.4, -0.2) is 58.9 Å². The Morgan fingerprint density at radius 2 is 1.78 bits per heavy atom. The van der Waals surface area contributed by atoms with E-state index in [1.54, 1.807) is 4.90 Å². The highest BCUT2D eigenvalue weighted by molar-refractivity contribution is 8.00. The zero-order valence-corrected chi connectivity index (χ0v) is 11.0. The molecule has 0 unspecified atom stereocenters. The van der Waals surface area contributed by atoms with Crippen molar-refractivity contribution in [2.24, 2.45) is 0 Å². The number of nitrogens with zero attached hydrogens (tertiary/aromatic N) is 1. The molecule has 1 heterocycles. The molecule has 0 aromatic rings. The quantitative estimate of drug-likeness (QED) is 0.708. The summed E-state index contributed by atoms with van der Waals surface area (Å²) in [5.74, 6) is -1.34. The van der Waals surface area contributed by atoms with E-state index in [2.05, 4.69) is 5.32 Å². The minimum Gasteiger partial charge on any atom is -0.481 e. The van der Waals surface area contributed by atoms with Crippen molar-refractivity contribution in [3.05, 3.63) is 0 Å². The Bertz CT molecular complexity index is 316. The lowest BCUT2D eigenvalue weighted by Gasteiger charge is -2.26. The number of rotatable bonds is 6. The molecule has 1 rings (SSSR count). The molecular formula is C11H18N2O4S. The van der Waals surface area contributed by atoms with Crippen molar-refractivity contribution in [1.29, 1.82) is 0 Å². The SMILES string of the molecule is O=C(O)CSCC(=O)NCC(=O)N1CCCCC1. The number of carbonyl (C=O) groups excluding carboxylic acids is 2. The summed E-state index contributed by atoms with van der Waals surface area (Å²) in [7, 11) is 0. The number of carboxylic acids is 1. The van der Waals surface area contributed by atoms with Crippen molar-refractivity contribution in [3.8, 4) is 0 Å². The number of thioether (sulfide) groups is 1. The fourth-order valence-electron chi connectivity index (χ4n) is 1.71. The first-order chi connectivity index (χ1) is 8.59. The van der Waals surface area contributed by atoms with Crippen LogP contribution >= 0.6 is 11.8 Å². The van der Waals surface area contributed by atoms with Gasteiger partial charge in [0.2, 0.25) is 11.8 Å². The molecule has 0 aromatic heterocycles. The zero-order chi connectivity index (χ0) is 13.4. The Labute approximate surface area is 110 Å². The van der Waals surface area contributed by atoms with Gasteiger partial charge in [-0.25, -0.2) is 0 Å². The predicted molar refractivity (Wildman–Crippen MR) is 68.4 cm³/mol. The van der Waals surface area contributed by atoms with Gasteiger partial charge in [0.1, 0.15) is 0 Å². The Morgan fingerprint density at radius 3 is 2.39 bits per heavy atom. The van der Waals surface area contributed by atoms with E-state index < -0.39 is 5.97 Å². The summed E-state index contributed by atoms with van der Waals surface area (Å²) >= 11 is 1.02. The van der Waals surface area contributed by atoms with Gasteiger partial charge in [0.05, 0.1) is 18.1 Å². The maximum absolute atomic E-state index is 11.7. The first-order valence-electron chi connectivity index (χ1n) is 5.93. The van der Waals surface area contributed by atoms with Crippen molar-refractivity contribution >= 4 is 29.5 Å². The molecule has 0 spiro atoms. The second kappa shape index (κ2) is 7.97. The van der Waals surface area contributed by atoms with E-state index in [0.29, 0.717) is 0 Å². The summed E-state index contributed by atoms with van der Waals surface area (Å²) in [4.78, 5) is 35.0. The lowest BCUT2D eigenvalue weighted by atomic mass is 10.1. The first-order valence-corrected chi connectivity index (χ1v) is 7.09. The van der Waals surface area contributed by atoms with Gasteiger partial charge in [-0.05, 0) is 19.3 Å². The van der Waals surface area contributed by atoms with E-state index >= 15 is 0 Å². The second-order valence-electron chi connectivity index (χ2n) is 4.10. The molecule has 1 aliphatic rings. The van der Waals surface area contributed by atoms with Crippen molar-refractivity contribution in [3.63, 3.8) is 0 Å². The summed E-state index contributed by atoms with van der Waals surface area (Å²) in [6, 6.07) is 0. The van der Waals surface area contributed by atoms with Crippen LogP contribution in [0.15, 0.2) is 0 Å². The summed E-state index contributed by atoms with van der Waals surface area (Å²) in [6.07, 6.45) is 3.20. The molecule has 18 heavy (non-hydrogen) atoms. The van der Waals surface area contributed by atoms with Crippen LogP contribution in [0, 0.1) is 0 Å². The smallest absolute Gasteiger partial charge is 0.313 e. The zero-order valence-electron chi connectivity index (χ0n) is 10.2. The van der Waals surface area contributed by atoms with Gasteiger partial charge in [-0.1, -0.05) is 0 Å². The number of nitrogens with one attached hydrogen (secondary N) is 1. The predicted octanol–water partition coefficient (Wildman–Crippen LogP) is -0.0671. The third-order valence-corrected chi connectivity index (χ3v) is 3.52. The van der Waals surface area contributed by atoms with Crippen LogP contribution in [0.3, 0.4) is 0 Å². The number of carbonyl (C=O) groups is 3. The van der Waals surface area contributed by atoms with Crippen LogP contribution in [-0.2, 0) is 14.4 Å². The fraction of sp³-hybridized carbons (Fsp3) is 0.727. The molecule has 102 valence electrons. The molecule has 2 amide bonds. The average Bonchev–Trinajstić information content (AvgIpc) is 2.36. The second-order valence-corrected chi connectivity index (χ2v) is 5.09. The van der Waals surface area contributed by atoms with Gasteiger partial charge in [-0.2, -0.15) is 0 Å². The van der Waals surface area contributed by atoms with Gasteiger partial charge in [-0.15, -0.1) is 11.8 Å².